The number of likely N-dealkylation sites (tertiary alicyclic amines) is 1. The minimum absolute atomic E-state index is 0.238. The Morgan fingerprint density at radius 2 is 1.53 bits per heavy atom. The molecule has 0 spiro atoms. The normalized spacial score (nSPS) is 31.1. The van der Waals surface area contributed by atoms with Gasteiger partial charge in [0.1, 0.15) is 6.29 Å². The van der Waals surface area contributed by atoms with Crippen LogP contribution in [0.1, 0.15) is 57.8 Å². The molecule has 2 aliphatic rings. The molecule has 1 heterocycles. The van der Waals surface area contributed by atoms with Gasteiger partial charge in [0.15, 0.2) is 0 Å². The molecule has 15 heavy (non-hydrogen) atoms. The molecule has 1 saturated heterocycles. The van der Waals surface area contributed by atoms with Crippen molar-refractivity contribution in [3.63, 3.8) is 0 Å². The van der Waals surface area contributed by atoms with E-state index in [0.29, 0.717) is 6.04 Å². The summed E-state index contributed by atoms with van der Waals surface area (Å²) in [4.78, 5) is 13.6. The third-order valence-electron chi connectivity index (χ3n) is 4.04. The van der Waals surface area contributed by atoms with E-state index in [0.717, 1.165) is 13.0 Å². The highest BCUT2D eigenvalue weighted by atomic mass is 16.1. The number of aldehydes is 1. The molecule has 0 aromatic rings. The first-order valence-electron chi connectivity index (χ1n) is 6.63. The van der Waals surface area contributed by atoms with E-state index in [4.69, 9.17) is 0 Å². The van der Waals surface area contributed by atoms with Crippen molar-refractivity contribution in [1.82, 2.24) is 4.90 Å². The fourth-order valence-corrected chi connectivity index (χ4v) is 3.17. The molecular formula is C13H23NO. The van der Waals surface area contributed by atoms with Gasteiger partial charge in [-0.1, -0.05) is 32.1 Å². The van der Waals surface area contributed by atoms with Crippen molar-refractivity contribution >= 4 is 6.29 Å². The van der Waals surface area contributed by atoms with Gasteiger partial charge >= 0.3 is 0 Å². The SMILES string of the molecule is O=CC1CCCCN1C1CCCCCC1. The molecule has 1 aliphatic heterocycles. The van der Waals surface area contributed by atoms with E-state index in [2.05, 4.69) is 4.90 Å². The molecular weight excluding hydrogens is 186 g/mol. The molecule has 2 fully saturated rings. The van der Waals surface area contributed by atoms with Crippen molar-refractivity contribution < 1.29 is 4.79 Å². The van der Waals surface area contributed by atoms with Crippen LogP contribution in [0.2, 0.25) is 0 Å². The second-order valence-corrected chi connectivity index (χ2v) is 5.08. The lowest BCUT2D eigenvalue weighted by molar-refractivity contribution is -0.114. The molecule has 0 aromatic heterocycles. The maximum absolute atomic E-state index is 11.1. The zero-order chi connectivity index (χ0) is 10.5. The van der Waals surface area contributed by atoms with Crippen molar-refractivity contribution in [2.75, 3.05) is 6.54 Å². The Morgan fingerprint density at radius 3 is 2.20 bits per heavy atom. The lowest BCUT2D eigenvalue weighted by Crippen LogP contribution is -2.46. The average molecular weight is 209 g/mol. The van der Waals surface area contributed by atoms with Gasteiger partial charge in [-0.3, -0.25) is 4.90 Å². The summed E-state index contributed by atoms with van der Waals surface area (Å²) in [6, 6.07) is 0.949. The van der Waals surface area contributed by atoms with E-state index in [1.165, 1.54) is 57.7 Å². The zero-order valence-corrected chi connectivity index (χ0v) is 9.66. The van der Waals surface area contributed by atoms with Crippen LogP contribution in [-0.2, 0) is 4.79 Å². The number of hydrogen-bond donors (Lipinski definition) is 0. The van der Waals surface area contributed by atoms with Gasteiger partial charge in [0.05, 0.1) is 6.04 Å². The lowest BCUT2D eigenvalue weighted by Gasteiger charge is -2.38. The van der Waals surface area contributed by atoms with Gasteiger partial charge < -0.3 is 4.79 Å². The van der Waals surface area contributed by atoms with Crippen molar-refractivity contribution in [1.29, 1.82) is 0 Å². The maximum atomic E-state index is 11.1. The number of hydrogen-bond acceptors (Lipinski definition) is 2. The first-order valence-corrected chi connectivity index (χ1v) is 6.63. The van der Waals surface area contributed by atoms with E-state index in [1.54, 1.807) is 0 Å². The van der Waals surface area contributed by atoms with Crippen molar-refractivity contribution in [2.45, 2.75) is 69.9 Å². The molecule has 1 aliphatic carbocycles. The molecule has 86 valence electrons. The van der Waals surface area contributed by atoms with Crippen molar-refractivity contribution in [2.24, 2.45) is 0 Å². The smallest absolute Gasteiger partial charge is 0.137 e. The van der Waals surface area contributed by atoms with Gasteiger partial charge in [0, 0.05) is 6.04 Å². The number of carbonyl (C=O) groups is 1. The highest BCUT2D eigenvalue weighted by Gasteiger charge is 2.28. The number of piperidine rings is 1. The quantitative estimate of drug-likeness (QED) is 0.515. The van der Waals surface area contributed by atoms with Crippen LogP contribution < -0.4 is 0 Å². The van der Waals surface area contributed by atoms with Gasteiger partial charge in [-0.2, -0.15) is 0 Å². The predicted octanol–water partition coefficient (Wildman–Crippen LogP) is 2.76. The number of nitrogens with zero attached hydrogens (tertiary/aromatic N) is 1. The third-order valence-corrected chi connectivity index (χ3v) is 4.04. The van der Waals surface area contributed by atoms with Crippen molar-refractivity contribution in [3.8, 4) is 0 Å². The summed E-state index contributed by atoms with van der Waals surface area (Å²) in [5.41, 5.74) is 0. The first kappa shape index (κ1) is 11.1. The monoisotopic (exact) mass is 209 g/mol. The minimum Gasteiger partial charge on any atom is -0.302 e. The Bertz CT molecular complexity index is 197. The Morgan fingerprint density at radius 1 is 0.867 bits per heavy atom. The fourth-order valence-electron chi connectivity index (χ4n) is 3.17. The standard InChI is InChI=1S/C13H23NO/c15-11-13-9-5-6-10-14(13)12-7-3-1-2-4-8-12/h11-13H,1-10H2. The molecule has 0 bridgehead atoms. The van der Waals surface area contributed by atoms with Gasteiger partial charge in [0.2, 0.25) is 0 Å². The fraction of sp³-hybridized carbons (Fsp3) is 0.923. The summed E-state index contributed by atoms with van der Waals surface area (Å²) in [5.74, 6) is 0. The number of carbonyl (C=O) groups excluding carboxylic acids is 1. The van der Waals surface area contributed by atoms with Crippen LogP contribution in [0.15, 0.2) is 0 Å². The second-order valence-electron chi connectivity index (χ2n) is 5.08. The summed E-state index contributed by atoms with van der Waals surface area (Å²) >= 11 is 0. The Labute approximate surface area is 93.0 Å². The van der Waals surface area contributed by atoms with E-state index < -0.39 is 0 Å². The average Bonchev–Trinajstić information content (AvgIpc) is 2.57. The highest BCUT2D eigenvalue weighted by molar-refractivity contribution is 5.57. The van der Waals surface area contributed by atoms with Crippen LogP contribution in [0.3, 0.4) is 0 Å². The molecule has 2 heteroatoms. The molecule has 0 radical (unpaired) electrons. The van der Waals surface area contributed by atoms with E-state index in [9.17, 15) is 4.79 Å². The molecule has 2 nitrogen and oxygen atoms in total. The molecule has 0 aromatic carbocycles. The maximum Gasteiger partial charge on any atom is 0.137 e. The molecule has 0 N–H and O–H groups in total. The van der Waals surface area contributed by atoms with Crippen molar-refractivity contribution in [3.05, 3.63) is 0 Å². The molecule has 1 saturated carbocycles. The summed E-state index contributed by atoms with van der Waals surface area (Å²) in [6.07, 6.45) is 13.0. The Balaban J connectivity index is 1.95. The molecule has 1 atom stereocenters. The second kappa shape index (κ2) is 5.64. The van der Waals surface area contributed by atoms with Gasteiger partial charge in [0.25, 0.3) is 0 Å². The van der Waals surface area contributed by atoms with E-state index in [1.807, 2.05) is 0 Å². The van der Waals surface area contributed by atoms with Gasteiger partial charge in [-0.15, -0.1) is 0 Å². The summed E-state index contributed by atoms with van der Waals surface area (Å²) in [7, 11) is 0. The van der Waals surface area contributed by atoms with Crippen LogP contribution in [0.5, 0.6) is 0 Å². The number of rotatable bonds is 2. The van der Waals surface area contributed by atoms with Crippen LogP contribution in [0, 0.1) is 0 Å². The zero-order valence-electron chi connectivity index (χ0n) is 9.66. The largest absolute Gasteiger partial charge is 0.302 e. The van der Waals surface area contributed by atoms with Crippen LogP contribution in [-0.4, -0.2) is 29.8 Å². The topological polar surface area (TPSA) is 20.3 Å². The van der Waals surface area contributed by atoms with Gasteiger partial charge in [-0.25, -0.2) is 0 Å². The molecule has 0 amide bonds. The molecule has 2 rings (SSSR count). The minimum atomic E-state index is 0.238. The van der Waals surface area contributed by atoms with E-state index in [-0.39, 0.29) is 6.04 Å². The first-order chi connectivity index (χ1) is 7.42. The van der Waals surface area contributed by atoms with Crippen LogP contribution >= 0.6 is 0 Å². The van der Waals surface area contributed by atoms with E-state index >= 15 is 0 Å². The molecule has 1 unspecified atom stereocenters. The lowest BCUT2D eigenvalue weighted by atomic mass is 9.97. The third kappa shape index (κ3) is 2.81. The Hall–Kier alpha value is -0.370. The summed E-state index contributed by atoms with van der Waals surface area (Å²) in [5, 5.41) is 0. The van der Waals surface area contributed by atoms with Gasteiger partial charge in [-0.05, 0) is 32.2 Å². The Kier molecular flexibility index (Phi) is 4.18. The highest BCUT2D eigenvalue weighted by Crippen LogP contribution is 2.27. The van der Waals surface area contributed by atoms with Crippen LogP contribution in [0.4, 0.5) is 0 Å². The van der Waals surface area contributed by atoms with Crippen LogP contribution in [0.25, 0.3) is 0 Å². The predicted molar refractivity (Wildman–Crippen MR) is 61.9 cm³/mol. The summed E-state index contributed by atoms with van der Waals surface area (Å²) in [6.45, 7) is 1.16. The summed E-state index contributed by atoms with van der Waals surface area (Å²) < 4.78 is 0.